The van der Waals surface area contributed by atoms with Crippen molar-refractivity contribution in [1.82, 2.24) is 0 Å². The Bertz CT molecular complexity index is 2400. The molecule has 0 aliphatic rings. The van der Waals surface area contributed by atoms with E-state index in [1.807, 2.05) is 146 Å². The SMILES string of the molecule is Nc1ccc(Oc2cc[c]([Bi]([c]3ccc(Oc4ccc(N)cc4)cc3)([c]3ccc(Oc4cccc(N)c4)cc3)[c]3ccc(Oc4cccc(N)c4)cc3)cc2)cc1. The van der Waals surface area contributed by atoms with Gasteiger partial charge in [-0.3, -0.25) is 0 Å². The Labute approximate surface area is 336 Å². The molecule has 57 heavy (non-hydrogen) atoms. The zero-order valence-electron chi connectivity index (χ0n) is 30.9. The Morgan fingerprint density at radius 1 is 0.246 bits per heavy atom. The molecule has 0 amide bonds. The first-order valence-corrected chi connectivity index (χ1v) is 25.2. The van der Waals surface area contributed by atoms with Gasteiger partial charge < -0.3 is 0 Å². The summed E-state index contributed by atoms with van der Waals surface area (Å²) in [5, 5.41) is 0. The van der Waals surface area contributed by atoms with Gasteiger partial charge in [0.15, 0.2) is 0 Å². The van der Waals surface area contributed by atoms with E-state index < -0.39 is 20.3 Å². The monoisotopic (exact) mass is 945 g/mol. The number of hydrogen-bond acceptors (Lipinski definition) is 8. The number of nitrogens with two attached hydrogens (primary N) is 4. The minimum absolute atomic E-state index is 0.635. The molecule has 1 radical (unpaired) electrons. The van der Waals surface area contributed by atoms with E-state index in [1.165, 1.54) is 13.1 Å². The van der Waals surface area contributed by atoms with Crippen molar-refractivity contribution in [1.29, 1.82) is 0 Å². The molecule has 0 saturated heterocycles. The van der Waals surface area contributed by atoms with Crippen LogP contribution in [-0.4, -0.2) is 20.3 Å². The van der Waals surface area contributed by atoms with Gasteiger partial charge in [-0.05, 0) is 0 Å². The Balaban J connectivity index is 1.25. The predicted octanol–water partition coefficient (Wildman–Crippen LogP) is 8.56. The third-order valence-electron chi connectivity index (χ3n) is 9.32. The van der Waals surface area contributed by atoms with Crippen molar-refractivity contribution >= 4 is 56.1 Å². The number of benzene rings is 8. The van der Waals surface area contributed by atoms with Crippen LogP contribution >= 0.6 is 0 Å². The van der Waals surface area contributed by atoms with Crippen LogP contribution in [0.15, 0.2) is 194 Å². The zero-order chi connectivity index (χ0) is 39.2. The first-order chi connectivity index (χ1) is 27.8. The van der Waals surface area contributed by atoms with E-state index in [4.69, 9.17) is 41.9 Å². The second-order valence-corrected chi connectivity index (χ2v) is 26.6. The van der Waals surface area contributed by atoms with Crippen LogP contribution in [0.2, 0.25) is 0 Å². The molecule has 0 aliphatic carbocycles. The summed E-state index contributed by atoms with van der Waals surface area (Å²) < 4.78 is 29.8. The summed E-state index contributed by atoms with van der Waals surface area (Å²) in [6.07, 6.45) is 0. The molecule has 0 aromatic heterocycles. The number of nitrogen functional groups attached to an aromatic ring is 4. The molecule has 0 saturated carbocycles. The topological polar surface area (TPSA) is 141 Å². The van der Waals surface area contributed by atoms with E-state index in [9.17, 15) is 0 Å². The van der Waals surface area contributed by atoms with Crippen molar-refractivity contribution < 1.29 is 18.9 Å². The molecule has 0 bridgehead atoms. The minimum atomic E-state index is -4.32. The second kappa shape index (κ2) is 16.4. The first-order valence-electron chi connectivity index (χ1n) is 18.3. The Kier molecular flexibility index (Phi) is 10.7. The predicted molar refractivity (Wildman–Crippen MR) is 234 cm³/mol. The van der Waals surface area contributed by atoms with Gasteiger partial charge in [0.05, 0.1) is 0 Å². The molecule has 0 fully saturated rings. The summed E-state index contributed by atoms with van der Waals surface area (Å²) in [4.78, 5) is 0. The number of rotatable bonds is 12. The van der Waals surface area contributed by atoms with Crippen LogP contribution in [0.3, 0.4) is 0 Å². The third-order valence-corrected chi connectivity index (χ3v) is 26.0. The van der Waals surface area contributed by atoms with Crippen LogP contribution in [-0.2, 0) is 0 Å². The molecule has 281 valence electrons. The van der Waals surface area contributed by atoms with E-state index >= 15 is 0 Å². The van der Waals surface area contributed by atoms with E-state index in [0.717, 1.165) is 0 Å². The molecule has 9 heteroatoms. The molecule has 0 heterocycles. The van der Waals surface area contributed by atoms with Crippen molar-refractivity contribution in [3.8, 4) is 46.0 Å². The summed E-state index contributed by atoms with van der Waals surface area (Å²) in [5.74, 6) is 5.59. The van der Waals surface area contributed by atoms with E-state index in [0.29, 0.717) is 68.7 Å². The van der Waals surface area contributed by atoms with Gasteiger partial charge in [-0.2, -0.15) is 0 Å². The standard InChI is InChI=1S/4C12H10NO.Bi/c2*13-10-5-4-8-12(9-10)14-11-6-2-1-3-7-11;2*13-10-6-8-12(9-7-10)14-11-4-2-1-3-5-11;/h4*2-9H,13H2;. The fourth-order valence-corrected chi connectivity index (χ4v) is 22.8. The van der Waals surface area contributed by atoms with Crippen LogP contribution in [0.4, 0.5) is 22.7 Å². The van der Waals surface area contributed by atoms with Gasteiger partial charge in [0, 0.05) is 0 Å². The van der Waals surface area contributed by atoms with Crippen molar-refractivity contribution in [2.24, 2.45) is 0 Å². The molecular formula is C48H40BiN4O4. The third kappa shape index (κ3) is 8.49. The van der Waals surface area contributed by atoms with Crippen molar-refractivity contribution in [3.63, 3.8) is 0 Å². The molecule has 0 aliphatic heterocycles. The van der Waals surface area contributed by atoms with Crippen LogP contribution in [0.5, 0.6) is 46.0 Å². The fraction of sp³-hybridized carbons (Fsp3) is 0. The Morgan fingerprint density at radius 2 is 0.491 bits per heavy atom. The number of ether oxygens (including phenoxy) is 4. The van der Waals surface area contributed by atoms with Crippen molar-refractivity contribution in [2.45, 2.75) is 0 Å². The van der Waals surface area contributed by atoms with Crippen LogP contribution in [0.25, 0.3) is 0 Å². The molecule has 8 aromatic carbocycles. The Morgan fingerprint density at radius 3 is 0.754 bits per heavy atom. The fourth-order valence-electron chi connectivity index (χ4n) is 6.62. The average Bonchev–Trinajstić information content (AvgIpc) is 3.22. The second-order valence-electron chi connectivity index (χ2n) is 13.3. The molecule has 0 spiro atoms. The molecule has 8 aromatic rings. The van der Waals surface area contributed by atoms with Crippen LogP contribution in [0, 0.1) is 0 Å². The van der Waals surface area contributed by atoms with Gasteiger partial charge in [0.2, 0.25) is 0 Å². The normalized spacial score (nSPS) is 11.1. The maximum atomic E-state index is 6.25. The van der Waals surface area contributed by atoms with Gasteiger partial charge in [-0.15, -0.1) is 0 Å². The van der Waals surface area contributed by atoms with Gasteiger partial charge in [0.25, 0.3) is 0 Å². The van der Waals surface area contributed by atoms with Crippen molar-refractivity contribution in [2.75, 3.05) is 22.9 Å². The summed E-state index contributed by atoms with van der Waals surface area (Å²) >= 11 is -4.32. The average molecular weight is 946 g/mol. The first kappa shape index (κ1) is 37.0. The summed E-state index contributed by atoms with van der Waals surface area (Å²) in [5.41, 5.74) is 26.6. The van der Waals surface area contributed by atoms with E-state index in [1.54, 1.807) is 0 Å². The molecule has 0 atom stereocenters. The van der Waals surface area contributed by atoms with Gasteiger partial charge >= 0.3 is 338 Å². The number of anilines is 4. The Hall–Kier alpha value is -6.96. The van der Waals surface area contributed by atoms with E-state index in [-0.39, 0.29) is 0 Å². The molecule has 8 rings (SSSR count). The molecule has 8 N–H and O–H groups in total. The maximum absolute atomic E-state index is 6.25. The number of hydrogen-bond donors (Lipinski definition) is 4. The summed E-state index contributed by atoms with van der Waals surface area (Å²) in [7, 11) is 0. The zero-order valence-corrected chi connectivity index (χ0v) is 34.3. The van der Waals surface area contributed by atoms with Gasteiger partial charge in [-0.25, -0.2) is 0 Å². The van der Waals surface area contributed by atoms with Gasteiger partial charge in [-0.1, -0.05) is 0 Å². The summed E-state index contributed by atoms with van der Waals surface area (Å²) in [6, 6.07) is 63.4. The summed E-state index contributed by atoms with van der Waals surface area (Å²) in [6.45, 7) is 0. The van der Waals surface area contributed by atoms with Crippen LogP contribution in [0.1, 0.15) is 0 Å². The van der Waals surface area contributed by atoms with E-state index in [2.05, 4.69) is 48.5 Å². The van der Waals surface area contributed by atoms with Gasteiger partial charge in [0.1, 0.15) is 0 Å². The molecular weight excluding hydrogens is 906 g/mol. The van der Waals surface area contributed by atoms with Crippen molar-refractivity contribution in [3.05, 3.63) is 194 Å². The molecule has 0 unspecified atom stereocenters. The van der Waals surface area contributed by atoms with Crippen LogP contribution < -0.4 is 55.0 Å². The molecule has 8 nitrogen and oxygen atoms in total. The quantitative estimate of drug-likeness (QED) is 0.0706.